The third kappa shape index (κ3) is 6.35. The van der Waals surface area contributed by atoms with Crippen LogP contribution in [0.25, 0.3) is 5.69 Å². The number of benzene rings is 1. The molecule has 3 aliphatic carbocycles. The van der Waals surface area contributed by atoms with E-state index in [-0.39, 0.29) is 28.9 Å². The van der Waals surface area contributed by atoms with Gasteiger partial charge in [0.1, 0.15) is 11.9 Å². The van der Waals surface area contributed by atoms with Crippen molar-refractivity contribution in [2.24, 2.45) is 11.1 Å². The first-order valence-electron chi connectivity index (χ1n) is 16.0. The Bertz CT molecular complexity index is 1440. The minimum absolute atomic E-state index is 0.0446. The second-order valence-electron chi connectivity index (χ2n) is 13.5. The molecule has 0 spiro atoms. The van der Waals surface area contributed by atoms with E-state index in [0.29, 0.717) is 56.4 Å². The van der Waals surface area contributed by atoms with Crippen LogP contribution >= 0.6 is 0 Å². The van der Waals surface area contributed by atoms with E-state index < -0.39 is 17.8 Å². The normalized spacial score (nSPS) is 23.1. The van der Waals surface area contributed by atoms with Crippen molar-refractivity contribution in [3.8, 4) is 5.69 Å². The molecule has 4 N–H and O–H groups in total. The van der Waals surface area contributed by atoms with Crippen molar-refractivity contribution >= 4 is 23.5 Å². The van der Waals surface area contributed by atoms with Crippen LogP contribution in [0.4, 0.5) is 14.9 Å². The summed E-state index contributed by atoms with van der Waals surface area (Å²) < 4.78 is 28.7. The number of morpholine rings is 1. The van der Waals surface area contributed by atoms with Crippen molar-refractivity contribution in [1.29, 1.82) is 0 Å². The van der Waals surface area contributed by atoms with E-state index in [0.717, 1.165) is 74.6 Å². The Morgan fingerprint density at radius 2 is 1.84 bits per heavy atom. The Balaban J connectivity index is 1.15. The zero-order valence-corrected chi connectivity index (χ0v) is 25.8. The second kappa shape index (κ2) is 12.5. The Kier molecular flexibility index (Phi) is 8.70. The molecule has 1 saturated carbocycles. The van der Waals surface area contributed by atoms with Crippen molar-refractivity contribution < 1.29 is 28.2 Å². The SMILES string of the molecule is CC1(C)CC(=O)c2c3c(n(-c4cc(F)c(C(N)=O)c(NC5CCC(OC(=O)NCCN6CCOCC6)CC5)c4)c2C1)CCC3. The van der Waals surface area contributed by atoms with Crippen molar-refractivity contribution in [3.05, 3.63) is 46.0 Å². The summed E-state index contributed by atoms with van der Waals surface area (Å²) in [6, 6.07) is 3.13. The van der Waals surface area contributed by atoms with Crippen LogP contribution in [0.3, 0.4) is 0 Å². The predicted molar refractivity (Wildman–Crippen MR) is 164 cm³/mol. The lowest BCUT2D eigenvalue weighted by atomic mass is 9.75. The number of nitrogens with zero attached hydrogens (tertiary/aromatic N) is 2. The van der Waals surface area contributed by atoms with Crippen LogP contribution in [-0.4, -0.2) is 78.8 Å². The number of carbonyl (C=O) groups excluding carboxylic acids is 3. The predicted octanol–water partition coefficient (Wildman–Crippen LogP) is 4.14. The molecule has 10 nitrogen and oxygen atoms in total. The maximum absolute atomic E-state index is 15.7. The van der Waals surface area contributed by atoms with Gasteiger partial charge in [0, 0.05) is 55.6 Å². The molecule has 1 aliphatic heterocycles. The highest BCUT2D eigenvalue weighted by molar-refractivity contribution is 6.01. The Morgan fingerprint density at radius 3 is 2.57 bits per heavy atom. The summed E-state index contributed by atoms with van der Waals surface area (Å²) in [7, 11) is 0. The number of nitrogens with two attached hydrogens (primary N) is 1. The Hall–Kier alpha value is -3.44. The molecule has 0 atom stereocenters. The van der Waals surface area contributed by atoms with E-state index in [1.54, 1.807) is 6.07 Å². The fourth-order valence-electron chi connectivity index (χ4n) is 7.50. The van der Waals surface area contributed by atoms with Crippen molar-refractivity contribution in [3.63, 3.8) is 0 Å². The summed E-state index contributed by atoms with van der Waals surface area (Å²) in [4.78, 5) is 40.3. The molecule has 238 valence electrons. The molecule has 1 saturated heterocycles. The van der Waals surface area contributed by atoms with Gasteiger partial charge in [0.15, 0.2) is 5.78 Å². The number of ketones is 1. The summed E-state index contributed by atoms with van der Waals surface area (Å²) in [6.07, 6.45) is 5.91. The molecule has 2 heterocycles. The van der Waals surface area contributed by atoms with Gasteiger partial charge in [-0.1, -0.05) is 13.8 Å². The summed E-state index contributed by atoms with van der Waals surface area (Å²) in [5.41, 5.74) is 10.2. The van der Waals surface area contributed by atoms with Crippen LogP contribution in [0, 0.1) is 11.2 Å². The average Bonchev–Trinajstić information content (AvgIpc) is 3.54. The van der Waals surface area contributed by atoms with Gasteiger partial charge < -0.3 is 30.4 Å². The monoisotopic (exact) mass is 609 g/mol. The topological polar surface area (TPSA) is 128 Å². The number of aromatic nitrogens is 1. The number of Topliss-reactive ketones (excluding diaryl/α,β-unsaturated/α-hetero) is 1. The summed E-state index contributed by atoms with van der Waals surface area (Å²) in [5.74, 6) is -1.36. The molecule has 2 aromatic rings. The highest BCUT2D eigenvalue weighted by Gasteiger charge is 2.39. The number of hydrogen-bond donors (Lipinski definition) is 3. The maximum Gasteiger partial charge on any atom is 0.407 e. The zero-order valence-electron chi connectivity index (χ0n) is 25.8. The molecule has 2 fully saturated rings. The Labute approximate surface area is 257 Å². The fourth-order valence-corrected chi connectivity index (χ4v) is 7.50. The fraction of sp³-hybridized carbons (Fsp3) is 0.606. The first-order valence-corrected chi connectivity index (χ1v) is 16.0. The van der Waals surface area contributed by atoms with Crippen LogP contribution < -0.4 is 16.4 Å². The van der Waals surface area contributed by atoms with Crippen molar-refractivity contribution in [2.75, 3.05) is 44.7 Å². The van der Waals surface area contributed by atoms with E-state index in [1.807, 2.05) is 0 Å². The van der Waals surface area contributed by atoms with Crippen molar-refractivity contribution in [1.82, 2.24) is 14.8 Å². The number of rotatable bonds is 8. The van der Waals surface area contributed by atoms with E-state index >= 15 is 4.39 Å². The summed E-state index contributed by atoms with van der Waals surface area (Å²) in [6.45, 7) is 8.63. The lowest BCUT2D eigenvalue weighted by Crippen LogP contribution is -2.42. The molecule has 0 radical (unpaired) electrons. The van der Waals surface area contributed by atoms with Gasteiger partial charge in [-0.15, -0.1) is 0 Å². The largest absolute Gasteiger partial charge is 0.446 e. The summed E-state index contributed by atoms with van der Waals surface area (Å²) in [5, 5.41) is 6.24. The van der Waals surface area contributed by atoms with Gasteiger partial charge in [0.05, 0.1) is 30.2 Å². The molecule has 11 heteroatoms. The van der Waals surface area contributed by atoms with Crippen LogP contribution in [0.15, 0.2) is 12.1 Å². The highest BCUT2D eigenvalue weighted by Crippen LogP contribution is 2.43. The Morgan fingerprint density at radius 1 is 1.09 bits per heavy atom. The molecule has 2 amide bonds. The quantitative estimate of drug-likeness (QED) is 0.411. The van der Waals surface area contributed by atoms with Crippen molar-refractivity contribution in [2.45, 2.75) is 83.8 Å². The van der Waals surface area contributed by atoms with Crippen LogP contribution in [0.2, 0.25) is 0 Å². The number of primary amides is 1. The van der Waals surface area contributed by atoms with Gasteiger partial charge in [-0.25, -0.2) is 9.18 Å². The number of amides is 2. The number of anilines is 1. The van der Waals surface area contributed by atoms with E-state index in [9.17, 15) is 14.4 Å². The van der Waals surface area contributed by atoms with Crippen LogP contribution in [-0.2, 0) is 28.7 Å². The first-order chi connectivity index (χ1) is 21.1. The van der Waals surface area contributed by atoms with E-state index in [1.165, 1.54) is 6.07 Å². The maximum atomic E-state index is 15.7. The lowest BCUT2D eigenvalue weighted by Gasteiger charge is -2.31. The number of hydrogen-bond acceptors (Lipinski definition) is 7. The third-order valence-corrected chi connectivity index (χ3v) is 9.57. The minimum atomic E-state index is -0.835. The molecule has 1 aromatic heterocycles. The zero-order chi connectivity index (χ0) is 31.0. The number of fused-ring (bicyclic) bond motifs is 3. The van der Waals surface area contributed by atoms with Gasteiger partial charge in [0.2, 0.25) is 0 Å². The molecule has 6 rings (SSSR count). The number of nitrogens with one attached hydrogen (secondary N) is 2. The molecule has 0 bridgehead atoms. The first kappa shape index (κ1) is 30.6. The molecular weight excluding hydrogens is 565 g/mol. The van der Waals surface area contributed by atoms with Gasteiger partial charge in [-0.05, 0) is 74.5 Å². The third-order valence-electron chi connectivity index (χ3n) is 9.57. The molecule has 44 heavy (non-hydrogen) atoms. The standard InChI is InChI=1S/C33H44FN5O5/c1-33(2)18-27-29(28(40)19-33)23-4-3-5-26(23)39(27)21-16-24(34)30(31(35)41)25(17-21)37-20-6-8-22(9-7-20)44-32(42)36-10-11-38-12-14-43-15-13-38/h16-17,20,22,37H,3-15,18-19H2,1-2H3,(H2,35,41)(H,36,42). The number of carbonyl (C=O) groups is 3. The lowest BCUT2D eigenvalue weighted by molar-refractivity contribution is 0.0372. The van der Waals surface area contributed by atoms with E-state index in [2.05, 4.69) is 33.9 Å². The average molecular weight is 610 g/mol. The van der Waals surface area contributed by atoms with Crippen LogP contribution in [0.1, 0.15) is 90.0 Å². The molecule has 0 unspecified atom stereocenters. The summed E-state index contributed by atoms with van der Waals surface area (Å²) >= 11 is 0. The van der Waals surface area contributed by atoms with Gasteiger partial charge in [-0.2, -0.15) is 0 Å². The minimum Gasteiger partial charge on any atom is -0.446 e. The van der Waals surface area contributed by atoms with Gasteiger partial charge in [-0.3, -0.25) is 14.5 Å². The highest BCUT2D eigenvalue weighted by atomic mass is 19.1. The van der Waals surface area contributed by atoms with Crippen LogP contribution in [0.5, 0.6) is 0 Å². The van der Waals surface area contributed by atoms with Gasteiger partial charge >= 0.3 is 6.09 Å². The number of ether oxygens (including phenoxy) is 2. The van der Waals surface area contributed by atoms with Gasteiger partial charge in [0.25, 0.3) is 5.91 Å². The molecular formula is C33H44FN5O5. The molecule has 1 aromatic carbocycles. The second-order valence-corrected chi connectivity index (χ2v) is 13.5. The number of halogens is 1. The molecule has 4 aliphatic rings. The smallest absolute Gasteiger partial charge is 0.407 e. The van der Waals surface area contributed by atoms with E-state index in [4.69, 9.17) is 15.2 Å². The number of alkyl carbamates (subject to hydrolysis) is 1.